The molecule has 2 aliphatic carbocycles. The highest BCUT2D eigenvalue weighted by Gasteiger charge is 2.55. The lowest BCUT2D eigenvalue weighted by atomic mass is 9.72. The van der Waals surface area contributed by atoms with Crippen LogP contribution >= 0.6 is 0 Å². The molecular formula is C22H39O11+. The zero-order valence-electron chi connectivity index (χ0n) is 19.1. The molecule has 11 nitrogen and oxygen atoms in total. The fourth-order valence-corrected chi connectivity index (χ4v) is 6.06. The Morgan fingerprint density at radius 3 is 2.03 bits per heavy atom. The first kappa shape index (κ1) is 25.6. The monoisotopic (exact) mass is 479 g/mol. The van der Waals surface area contributed by atoms with Gasteiger partial charge in [-0.05, 0) is 19.3 Å². The highest BCUT2D eigenvalue weighted by Crippen LogP contribution is 2.42. The number of rotatable bonds is 5. The van der Waals surface area contributed by atoms with Crippen LogP contribution in [0, 0.1) is 11.8 Å². The molecule has 0 radical (unpaired) electrons. The van der Waals surface area contributed by atoms with E-state index < -0.39 is 61.2 Å². The fraction of sp³-hybridized carbons (Fsp3) is 1.00. The third kappa shape index (κ3) is 5.24. The smallest absolute Gasteiger partial charge is 0.186 e. The van der Waals surface area contributed by atoms with Crippen LogP contribution in [0.1, 0.15) is 32.1 Å². The first-order valence-corrected chi connectivity index (χ1v) is 11.8. The maximum Gasteiger partial charge on any atom is 0.186 e. The Kier molecular flexibility index (Phi) is 8.29. The third-order valence-corrected chi connectivity index (χ3v) is 7.95. The van der Waals surface area contributed by atoms with Crippen molar-refractivity contribution in [2.75, 3.05) is 20.8 Å². The molecule has 11 heteroatoms. The second-order valence-corrected chi connectivity index (χ2v) is 9.99. The van der Waals surface area contributed by atoms with Gasteiger partial charge >= 0.3 is 0 Å². The molecule has 4 rings (SSSR count). The summed E-state index contributed by atoms with van der Waals surface area (Å²) in [6.45, 7) is -0.175. The van der Waals surface area contributed by atoms with E-state index in [1.54, 1.807) is 0 Å². The van der Waals surface area contributed by atoms with Crippen LogP contribution in [0.2, 0.25) is 0 Å². The normalized spacial score (nSPS) is 53.5. The summed E-state index contributed by atoms with van der Waals surface area (Å²) in [6, 6.07) is 0. The number of aliphatic hydroxyl groups excluding tert-OH is 6. The van der Waals surface area contributed by atoms with Gasteiger partial charge in [0, 0.05) is 33.0 Å². The SMILES string of the molecule is COC1CC(C2[OH+]C3CC(O)CC(O)C3CC2O[C@@H]2OC[C@H](O)[C@H](O)[C@H]2O)CC(OC)C1O. The van der Waals surface area contributed by atoms with Crippen LogP contribution in [0.4, 0.5) is 0 Å². The van der Waals surface area contributed by atoms with Gasteiger partial charge in [0.15, 0.2) is 18.5 Å². The highest BCUT2D eigenvalue weighted by molar-refractivity contribution is 4.99. The maximum atomic E-state index is 10.6. The van der Waals surface area contributed by atoms with E-state index in [1.807, 2.05) is 0 Å². The molecule has 33 heavy (non-hydrogen) atoms. The summed E-state index contributed by atoms with van der Waals surface area (Å²) >= 11 is 0. The Labute approximate surface area is 193 Å². The van der Waals surface area contributed by atoms with Gasteiger partial charge in [-0.25, -0.2) is 0 Å². The number of hydrogen-bond donors (Lipinski definition) is 6. The summed E-state index contributed by atoms with van der Waals surface area (Å²) in [7, 11) is 3.08. The van der Waals surface area contributed by atoms with Gasteiger partial charge in [0.2, 0.25) is 0 Å². The van der Waals surface area contributed by atoms with E-state index in [-0.39, 0.29) is 37.1 Å². The number of ether oxygens (including phenoxy) is 5. The van der Waals surface area contributed by atoms with Crippen molar-refractivity contribution in [2.24, 2.45) is 11.8 Å². The summed E-state index contributed by atoms with van der Waals surface area (Å²) in [5.74, 6) is -0.293. The molecule has 2 aliphatic heterocycles. The number of methoxy groups -OCH3 is 2. The van der Waals surface area contributed by atoms with Crippen LogP contribution in [0.3, 0.4) is 0 Å². The lowest BCUT2D eigenvalue weighted by molar-refractivity contribution is -0.346. The van der Waals surface area contributed by atoms with E-state index >= 15 is 0 Å². The van der Waals surface area contributed by atoms with Gasteiger partial charge in [-0.2, -0.15) is 0 Å². The minimum absolute atomic E-state index is 0.0818. The summed E-state index contributed by atoms with van der Waals surface area (Å²) in [6.07, 6.45) is -7.19. The van der Waals surface area contributed by atoms with Gasteiger partial charge in [-0.1, -0.05) is 0 Å². The average molecular weight is 480 g/mol. The van der Waals surface area contributed by atoms with E-state index in [0.29, 0.717) is 25.7 Å². The summed E-state index contributed by atoms with van der Waals surface area (Å²) < 4.78 is 27.7. The van der Waals surface area contributed by atoms with Crippen molar-refractivity contribution >= 4 is 0 Å². The van der Waals surface area contributed by atoms with Gasteiger partial charge in [0.1, 0.15) is 30.5 Å². The predicted octanol–water partition coefficient (Wildman–Crippen LogP) is -2.59. The molecule has 0 spiro atoms. The largest absolute Gasteiger partial charge is 0.427 e. The van der Waals surface area contributed by atoms with E-state index in [9.17, 15) is 30.6 Å². The quantitative estimate of drug-likeness (QED) is 0.230. The van der Waals surface area contributed by atoms with Crippen molar-refractivity contribution in [3.8, 4) is 0 Å². The van der Waals surface area contributed by atoms with E-state index in [0.717, 1.165) is 0 Å². The van der Waals surface area contributed by atoms with Crippen molar-refractivity contribution in [3.63, 3.8) is 0 Å². The summed E-state index contributed by atoms with van der Waals surface area (Å²) in [5.41, 5.74) is 0. The molecule has 12 atom stereocenters. The predicted molar refractivity (Wildman–Crippen MR) is 112 cm³/mol. The molecule has 0 aromatic carbocycles. The first-order valence-electron chi connectivity index (χ1n) is 11.8. The van der Waals surface area contributed by atoms with Gasteiger partial charge < -0.3 is 54.3 Å². The fourth-order valence-electron chi connectivity index (χ4n) is 6.06. The van der Waals surface area contributed by atoms with Crippen LogP contribution < -0.4 is 0 Å². The van der Waals surface area contributed by atoms with Gasteiger partial charge in [0.05, 0.1) is 36.9 Å². The van der Waals surface area contributed by atoms with Crippen LogP contribution in [0.5, 0.6) is 0 Å². The first-order chi connectivity index (χ1) is 15.7. The molecule has 192 valence electrons. The zero-order valence-corrected chi connectivity index (χ0v) is 19.1. The Balaban J connectivity index is 1.56. The molecule has 2 saturated heterocycles. The lowest BCUT2D eigenvalue weighted by Gasteiger charge is -2.48. The van der Waals surface area contributed by atoms with Gasteiger partial charge in [-0.15, -0.1) is 0 Å². The zero-order chi connectivity index (χ0) is 23.9. The van der Waals surface area contributed by atoms with Crippen molar-refractivity contribution in [1.82, 2.24) is 0 Å². The van der Waals surface area contributed by atoms with Crippen molar-refractivity contribution in [2.45, 2.75) is 106 Å². The molecule has 0 aromatic heterocycles. The van der Waals surface area contributed by atoms with E-state index in [2.05, 4.69) is 0 Å². The standard InChI is InChI=1S/C22H38O11/c1-29-15-3-9(4-16(30-2)19(15)27)21-17(33-22-20(28)18(26)13(25)8-31-22)7-11-12(24)5-10(23)6-14(11)32-21/h9-28H,3-8H2,1-2H3/p+1/t9?,10?,11?,12?,13-,14?,15?,16?,17?,18-,19?,20+,21?,22-/m0/s1. The number of hydrogen-bond acceptors (Lipinski definition) is 10. The molecule has 0 amide bonds. The molecule has 0 bridgehead atoms. The Hall–Kier alpha value is -0.440. The topological polar surface area (TPSA) is 171 Å². The molecule has 8 unspecified atom stereocenters. The van der Waals surface area contributed by atoms with E-state index in [1.165, 1.54) is 14.2 Å². The molecule has 7 N–H and O–H groups in total. The van der Waals surface area contributed by atoms with Crippen LogP contribution in [0.25, 0.3) is 0 Å². The molecule has 0 aromatic rings. The van der Waals surface area contributed by atoms with Gasteiger partial charge in [-0.3, -0.25) is 0 Å². The van der Waals surface area contributed by atoms with Crippen LogP contribution in [-0.2, 0) is 18.9 Å². The molecule has 4 aliphatic rings. The minimum atomic E-state index is -1.43. The van der Waals surface area contributed by atoms with Gasteiger partial charge in [0.25, 0.3) is 0 Å². The Morgan fingerprint density at radius 1 is 0.727 bits per heavy atom. The molecule has 2 heterocycles. The number of aliphatic hydroxyl groups is 8. The molecule has 4 fully saturated rings. The van der Waals surface area contributed by atoms with Crippen LogP contribution in [-0.4, -0.2) is 130 Å². The highest BCUT2D eigenvalue weighted by atomic mass is 16.7. The summed E-state index contributed by atoms with van der Waals surface area (Å²) in [5, 5.41) is 61.6. The minimum Gasteiger partial charge on any atom is -0.427 e. The van der Waals surface area contributed by atoms with Crippen LogP contribution in [0.15, 0.2) is 0 Å². The maximum absolute atomic E-state index is 10.6. The second-order valence-electron chi connectivity index (χ2n) is 9.99. The third-order valence-electron chi connectivity index (χ3n) is 7.95. The van der Waals surface area contributed by atoms with E-state index in [4.69, 9.17) is 23.7 Å². The van der Waals surface area contributed by atoms with Crippen molar-refractivity contribution in [3.05, 3.63) is 0 Å². The molecule has 2 saturated carbocycles. The average Bonchev–Trinajstić information content (AvgIpc) is 2.79. The van der Waals surface area contributed by atoms with Crippen molar-refractivity contribution < 1.29 is 54.3 Å². The Morgan fingerprint density at radius 2 is 1.39 bits per heavy atom. The lowest BCUT2D eigenvalue weighted by Crippen LogP contribution is -2.62. The Bertz CT molecular complexity index is 623. The number of fused-ring (bicyclic) bond motifs is 1. The van der Waals surface area contributed by atoms with Crippen molar-refractivity contribution in [1.29, 1.82) is 0 Å². The molecular weight excluding hydrogens is 440 g/mol. The second kappa shape index (κ2) is 10.7. The summed E-state index contributed by atoms with van der Waals surface area (Å²) in [4.78, 5) is 0.